The highest BCUT2D eigenvalue weighted by molar-refractivity contribution is 5.84. The molecule has 0 unspecified atom stereocenters. The Balaban J connectivity index is 0.000000324. The number of carbonyl (C=O) groups excluding carboxylic acids is 6. The number of amides is 6. The highest BCUT2D eigenvalue weighted by atomic mass is 16.3. The second-order valence-corrected chi connectivity index (χ2v) is 30.9. The van der Waals surface area contributed by atoms with E-state index >= 15 is 0 Å². The number of rotatable bonds is 36. The lowest BCUT2D eigenvalue weighted by Crippen LogP contribution is -2.53. The van der Waals surface area contributed by atoms with E-state index in [2.05, 4.69) is 72.8 Å². The highest BCUT2D eigenvalue weighted by Crippen LogP contribution is 2.26. The normalized spacial score (nSPS) is 12.0. The second kappa shape index (κ2) is 40.7. The summed E-state index contributed by atoms with van der Waals surface area (Å²) in [4.78, 5) is 94.5. The van der Waals surface area contributed by atoms with E-state index in [1.165, 1.54) is 0 Å². The van der Waals surface area contributed by atoms with Gasteiger partial charge in [0.1, 0.15) is 0 Å². The van der Waals surface area contributed by atoms with Gasteiger partial charge in [0.2, 0.25) is 35.4 Å². The quantitative estimate of drug-likeness (QED) is 0.0338. The maximum atomic E-state index is 13.1. The van der Waals surface area contributed by atoms with Gasteiger partial charge in [-0.3, -0.25) is 43.5 Å². The van der Waals surface area contributed by atoms with Crippen molar-refractivity contribution in [2.75, 3.05) is 121 Å². The lowest BCUT2D eigenvalue weighted by Gasteiger charge is -2.39. The molecule has 0 saturated heterocycles. The van der Waals surface area contributed by atoms with Crippen LogP contribution in [0.3, 0.4) is 0 Å². The van der Waals surface area contributed by atoms with Crippen LogP contribution in [0.1, 0.15) is 116 Å². The Morgan fingerprint density at radius 1 is 0.235 bits per heavy atom. The molecule has 18 nitrogen and oxygen atoms in total. The molecule has 0 heterocycles. The van der Waals surface area contributed by atoms with Gasteiger partial charge >= 0.3 is 0 Å². The molecule has 0 aliphatic heterocycles. The summed E-state index contributed by atoms with van der Waals surface area (Å²) in [6, 6.07) is 60.6. The maximum Gasteiger partial charge on any atom is 0.236 e. The van der Waals surface area contributed by atoms with E-state index < -0.39 is 0 Å². The fraction of sp³-hybridized carbons (Fsp3) is 0.500. The van der Waals surface area contributed by atoms with E-state index in [1.807, 2.05) is 192 Å². The Hall–Kier alpha value is -8.10. The minimum atomic E-state index is -0.387. The summed E-state index contributed by atoms with van der Waals surface area (Å²) in [5.74, 6) is -0.453. The lowest BCUT2D eigenvalue weighted by molar-refractivity contribution is -0.141. The SMILES string of the molecule is CN(C(=O)CN(CCO)CC(=O)N(C)C(C)(C)Cc1ccccc1)C(C)(C)Cc1ccccc1.CN(C(=O)CN(CCO)CC(=O)N(C)C(C)(C)Cc1ccccc1)C(C)(C)Cc1ccccc1.CN(C(=O)CN(CCO)CC(=O)N(C)C(C)(C)Cc1ccccc1)C(C)(C)Cc1ccccc1. The van der Waals surface area contributed by atoms with Crippen molar-refractivity contribution in [1.82, 2.24) is 44.1 Å². The summed E-state index contributed by atoms with van der Waals surface area (Å²) in [5.41, 5.74) is 4.66. The Morgan fingerprint density at radius 3 is 0.461 bits per heavy atom. The number of aliphatic hydroxyl groups is 3. The zero-order valence-electron chi connectivity index (χ0n) is 64.9. The standard InChI is InChI=1S/3C28H41N3O3/c3*1-27(2,19-23-13-9-7-10-14-23)29(5)25(33)21-31(17-18-32)22-26(34)30(6)28(3,4)20-24-15-11-8-12-16-24/h3*7-16,32H,17-22H2,1-6H3. The van der Waals surface area contributed by atoms with Crippen molar-refractivity contribution < 1.29 is 44.1 Å². The van der Waals surface area contributed by atoms with Gasteiger partial charge in [-0.05, 0) is 155 Å². The molecule has 0 aliphatic carbocycles. The molecule has 0 aliphatic rings. The maximum absolute atomic E-state index is 13.1. The predicted molar refractivity (Wildman–Crippen MR) is 413 cm³/mol. The van der Waals surface area contributed by atoms with Crippen LogP contribution < -0.4 is 0 Å². The van der Waals surface area contributed by atoms with Crippen LogP contribution in [0.2, 0.25) is 0 Å². The average Bonchev–Trinajstić information content (AvgIpc) is 0.856. The Bertz CT molecular complexity index is 2880. The van der Waals surface area contributed by atoms with Gasteiger partial charge in [0.15, 0.2) is 0 Å². The van der Waals surface area contributed by atoms with Crippen LogP contribution >= 0.6 is 0 Å². The first kappa shape index (κ1) is 86.3. The first-order valence-electron chi connectivity index (χ1n) is 35.7. The summed E-state index contributed by atoms with van der Waals surface area (Å²) in [6.45, 7) is 25.4. The molecule has 0 saturated carbocycles. The molecule has 0 aromatic heterocycles. The Labute approximate surface area is 611 Å². The van der Waals surface area contributed by atoms with Crippen molar-refractivity contribution >= 4 is 35.4 Å². The van der Waals surface area contributed by atoms with Crippen LogP contribution in [0, 0.1) is 0 Å². The average molecular weight is 1400 g/mol. The molecule has 0 bridgehead atoms. The number of nitrogens with zero attached hydrogens (tertiary/aromatic N) is 9. The zero-order valence-corrected chi connectivity index (χ0v) is 64.9. The van der Waals surface area contributed by atoms with Crippen LogP contribution in [0.15, 0.2) is 182 Å². The van der Waals surface area contributed by atoms with Crippen molar-refractivity contribution in [1.29, 1.82) is 0 Å². The van der Waals surface area contributed by atoms with Gasteiger partial charge in [-0.2, -0.15) is 0 Å². The number of hydrogen-bond acceptors (Lipinski definition) is 12. The summed E-state index contributed by atoms with van der Waals surface area (Å²) < 4.78 is 0. The molecular formula is C84H123N9O9. The molecule has 3 N–H and O–H groups in total. The van der Waals surface area contributed by atoms with E-state index in [-0.39, 0.29) is 147 Å². The van der Waals surface area contributed by atoms with Crippen molar-refractivity contribution in [3.05, 3.63) is 215 Å². The fourth-order valence-electron chi connectivity index (χ4n) is 12.2. The van der Waals surface area contributed by atoms with Crippen LogP contribution in [-0.4, -0.2) is 249 Å². The summed E-state index contributed by atoms with van der Waals surface area (Å²) in [6.07, 6.45) is 4.37. The predicted octanol–water partition coefficient (Wildman–Crippen LogP) is 9.72. The van der Waals surface area contributed by atoms with E-state index in [0.717, 1.165) is 71.9 Å². The third kappa shape index (κ3) is 28.6. The second-order valence-electron chi connectivity index (χ2n) is 30.9. The van der Waals surface area contributed by atoms with Crippen molar-refractivity contribution in [2.24, 2.45) is 0 Å². The molecule has 18 heteroatoms. The number of likely N-dealkylation sites (N-methyl/N-ethyl adjacent to an activating group) is 6. The van der Waals surface area contributed by atoms with Gasteiger partial charge in [-0.25, -0.2) is 0 Å². The van der Waals surface area contributed by atoms with Gasteiger partial charge in [-0.15, -0.1) is 0 Å². The van der Waals surface area contributed by atoms with E-state index in [9.17, 15) is 44.1 Å². The zero-order chi connectivity index (χ0) is 76.1. The summed E-state index contributed by atoms with van der Waals surface area (Å²) >= 11 is 0. The van der Waals surface area contributed by atoms with Gasteiger partial charge in [-0.1, -0.05) is 182 Å². The molecule has 0 spiro atoms. The van der Waals surface area contributed by atoms with Gasteiger partial charge in [0.25, 0.3) is 0 Å². The molecule has 6 aromatic carbocycles. The molecule has 0 fully saturated rings. The van der Waals surface area contributed by atoms with Crippen LogP contribution in [0.4, 0.5) is 0 Å². The summed E-state index contributed by atoms with van der Waals surface area (Å²) in [5, 5.41) is 28.7. The smallest absolute Gasteiger partial charge is 0.236 e. The van der Waals surface area contributed by atoms with Gasteiger partial charge in [0, 0.05) is 95.2 Å². The van der Waals surface area contributed by atoms with Crippen molar-refractivity contribution in [2.45, 2.75) is 155 Å². The molecule has 0 radical (unpaired) electrons. The number of aliphatic hydroxyl groups excluding tert-OH is 3. The van der Waals surface area contributed by atoms with Crippen LogP contribution in [-0.2, 0) is 67.3 Å². The number of hydrogen-bond donors (Lipinski definition) is 3. The minimum absolute atomic E-state index is 0.0756. The lowest BCUT2D eigenvalue weighted by atomic mass is 9.93. The third-order valence-electron chi connectivity index (χ3n) is 20.0. The van der Waals surface area contributed by atoms with E-state index in [0.29, 0.717) is 0 Å². The van der Waals surface area contributed by atoms with Crippen molar-refractivity contribution in [3.8, 4) is 0 Å². The van der Waals surface area contributed by atoms with Gasteiger partial charge in [0.05, 0.1) is 59.1 Å². The summed E-state index contributed by atoms with van der Waals surface area (Å²) in [7, 11) is 10.8. The first-order chi connectivity index (χ1) is 47.9. The van der Waals surface area contributed by atoms with Gasteiger partial charge < -0.3 is 44.7 Å². The monoisotopic (exact) mass is 1400 g/mol. The third-order valence-corrected chi connectivity index (χ3v) is 20.0. The highest BCUT2D eigenvalue weighted by Gasteiger charge is 2.36. The minimum Gasteiger partial charge on any atom is -0.395 e. The Morgan fingerprint density at radius 2 is 0.353 bits per heavy atom. The van der Waals surface area contributed by atoms with Crippen LogP contribution in [0.25, 0.3) is 0 Å². The van der Waals surface area contributed by atoms with Crippen LogP contribution in [0.5, 0.6) is 0 Å². The van der Waals surface area contributed by atoms with E-state index in [1.54, 1.807) is 86.4 Å². The first-order valence-corrected chi connectivity index (χ1v) is 35.7. The number of benzene rings is 6. The Kier molecular flexibility index (Phi) is 34.4. The fourth-order valence-corrected chi connectivity index (χ4v) is 12.2. The van der Waals surface area contributed by atoms with Crippen molar-refractivity contribution in [3.63, 3.8) is 0 Å². The molecule has 6 amide bonds. The van der Waals surface area contributed by atoms with E-state index in [4.69, 9.17) is 0 Å². The molecule has 558 valence electrons. The molecular weight excluding hydrogens is 1280 g/mol. The largest absolute Gasteiger partial charge is 0.395 e. The molecule has 102 heavy (non-hydrogen) atoms. The molecule has 0 atom stereocenters. The molecule has 6 aromatic rings. The topological polar surface area (TPSA) is 192 Å². The molecule has 6 rings (SSSR count). The number of carbonyl (C=O) groups is 6.